The van der Waals surface area contributed by atoms with Crippen molar-refractivity contribution >= 4 is 34.7 Å². The van der Waals surface area contributed by atoms with Gasteiger partial charge in [-0.15, -0.1) is 11.6 Å². The minimum absolute atomic E-state index is 0.854. The molecule has 0 aliphatic heterocycles. The maximum Gasteiger partial charge on any atom is 0.402 e. The van der Waals surface area contributed by atoms with Gasteiger partial charge in [0.25, 0.3) is 0 Å². The van der Waals surface area contributed by atoms with Crippen molar-refractivity contribution in [3.8, 4) is 0 Å². The molecule has 0 amide bonds. The van der Waals surface area contributed by atoms with Crippen LogP contribution in [0.4, 0.5) is 18.9 Å². The molecule has 0 fully saturated rings. The monoisotopic (exact) mass is 253 g/mol. The first-order chi connectivity index (χ1) is 6.99. The third-order valence-corrected chi connectivity index (χ3v) is 1.48. The lowest BCUT2D eigenvalue weighted by Crippen LogP contribution is -2.07. The van der Waals surface area contributed by atoms with Crippen LogP contribution in [0, 0.1) is 0 Å². The molecule has 6 heteroatoms. The molecule has 1 nitrogen and oxygen atoms in total. The minimum atomic E-state index is -4.19. The van der Waals surface area contributed by atoms with Gasteiger partial charge in [-0.05, 0) is 24.4 Å². The lowest BCUT2D eigenvalue weighted by molar-refractivity contribution is -0.106. The lowest BCUT2D eigenvalue weighted by atomic mass is 10.3. The van der Waals surface area contributed by atoms with E-state index in [0.29, 0.717) is 0 Å². The SMILES string of the molecule is FC(F)(F)CCl.S=C=Nc1ccccc1. The molecule has 0 spiro atoms. The normalized spacial score (nSPS) is 9.60. The molecule has 0 atom stereocenters. The third-order valence-electron chi connectivity index (χ3n) is 1.08. The van der Waals surface area contributed by atoms with Gasteiger partial charge in [0, 0.05) is 0 Å². The lowest BCUT2D eigenvalue weighted by Gasteiger charge is -1.94. The van der Waals surface area contributed by atoms with E-state index in [4.69, 9.17) is 0 Å². The summed E-state index contributed by atoms with van der Waals surface area (Å²) in [5, 5.41) is 2.29. The van der Waals surface area contributed by atoms with Crippen molar-refractivity contribution in [1.82, 2.24) is 0 Å². The van der Waals surface area contributed by atoms with Crippen molar-refractivity contribution in [2.24, 2.45) is 4.99 Å². The number of aliphatic imine (C=N–C) groups is 1. The number of hydrogen-bond donors (Lipinski definition) is 0. The summed E-state index contributed by atoms with van der Waals surface area (Å²) in [4.78, 5) is 3.77. The van der Waals surface area contributed by atoms with Crippen LogP contribution in [0.15, 0.2) is 35.3 Å². The Balaban J connectivity index is 0.000000288. The summed E-state index contributed by atoms with van der Waals surface area (Å²) in [6, 6.07) is 9.50. The van der Waals surface area contributed by atoms with Gasteiger partial charge in [-0.2, -0.15) is 18.2 Å². The van der Waals surface area contributed by atoms with Crippen molar-refractivity contribution < 1.29 is 13.2 Å². The molecule has 0 radical (unpaired) electrons. The Hall–Kier alpha value is -0.900. The fraction of sp³-hybridized carbons (Fsp3) is 0.222. The fourth-order valence-electron chi connectivity index (χ4n) is 0.555. The van der Waals surface area contributed by atoms with Crippen molar-refractivity contribution in [2.75, 3.05) is 5.88 Å². The van der Waals surface area contributed by atoms with Crippen LogP contribution in [0.2, 0.25) is 0 Å². The van der Waals surface area contributed by atoms with Crippen LogP contribution in [0.3, 0.4) is 0 Å². The summed E-state index contributed by atoms with van der Waals surface area (Å²) in [5.41, 5.74) is 0.854. The van der Waals surface area contributed by atoms with E-state index in [1.807, 2.05) is 30.3 Å². The number of rotatable bonds is 1. The second kappa shape index (κ2) is 7.40. The number of alkyl halides is 4. The van der Waals surface area contributed by atoms with Crippen LogP contribution in [-0.2, 0) is 0 Å². The Kier molecular flexibility index (Phi) is 6.96. The van der Waals surface area contributed by atoms with Crippen LogP contribution in [0.1, 0.15) is 0 Å². The minimum Gasteiger partial charge on any atom is -0.195 e. The van der Waals surface area contributed by atoms with Crippen molar-refractivity contribution in [1.29, 1.82) is 0 Å². The molecule has 15 heavy (non-hydrogen) atoms. The highest BCUT2D eigenvalue weighted by Gasteiger charge is 2.24. The number of thiocarbonyl (C=S) groups is 1. The first-order valence-electron chi connectivity index (χ1n) is 3.75. The summed E-state index contributed by atoms with van der Waals surface area (Å²) in [5.74, 6) is -1.26. The summed E-state index contributed by atoms with van der Waals surface area (Å²) >= 11 is 8.77. The van der Waals surface area contributed by atoms with Gasteiger partial charge >= 0.3 is 6.18 Å². The van der Waals surface area contributed by atoms with Gasteiger partial charge in [-0.1, -0.05) is 18.2 Å². The predicted molar refractivity (Wildman–Crippen MR) is 57.9 cm³/mol. The predicted octanol–water partition coefficient (Wildman–Crippen LogP) is 4.21. The first-order valence-corrected chi connectivity index (χ1v) is 4.69. The van der Waals surface area contributed by atoms with E-state index in [2.05, 4.69) is 34.0 Å². The third kappa shape index (κ3) is 9.41. The Bertz CT molecular complexity index is 320. The number of benzene rings is 1. The largest absolute Gasteiger partial charge is 0.402 e. The average Bonchev–Trinajstić information content (AvgIpc) is 2.20. The van der Waals surface area contributed by atoms with Crippen LogP contribution >= 0.6 is 23.8 Å². The van der Waals surface area contributed by atoms with E-state index < -0.39 is 12.1 Å². The highest BCUT2D eigenvalue weighted by atomic mass is 35.5. The molecule has 0 aliphatic carbocycles. The number of para-hydroxylation sites is 1. The Morgan fingerprint density at radius 2 is 1.73 bits per heavy atom. The van der Waals surface area contributed by atoms with Gasteiger partial charge in [-0.3, -0.25) is 0 Å². The van der Waals surface area contributed by atoms with Gasteiger partial charge in [0.05, 0.1) is 10.8 Å². The van der Waals surface area contributed by atoms with Crippen molar-refractivity contribution in [2.45, 2.75) is 6.18 Å². The molecule has 0 saturated carbocycles. The zero-order valence-electron chi connectivity index (χ0n) is 7.46. The van der Waals surface area contributed by atoms with Crippen LogP contribution in [0.5, 0.6) is 0 Å². The van der Waals surface area contributed by atoms with Gasteiger partial charge in [0.15, 0.2) is 0 Å². The number of hydrogen-bond acceptors (Lipinski definition) is 2. The van der Waals surface area contributed by atoms with Gasteiger partial charge in [-0.25, -0.2) is 0 Å². The molecule has 82 valence electrons. The van der Waals surface area contributed by atoms with E-state index >= 15 is 0 Å². The quantitative estimate of drug-likeness (QED) is 0.415. The fourth-order valence-corrected chi connectivity index (χ4v) is 0.661. The molecule has 0 aromatic heterocycles. The smallest absolute Gasteiger partial charge is 0.195 e. The molecular weight excluding hydrogens is 247 g/mol. The summed E-state index contributed by atoms with van der Waals surface area (Å²) < 4.78 is 32.0. The Morgan fingerprint density at radius 1 is 1.27 bits per heavy atom. The molecule has 0 aliphatic rings. The highest BCUT2D eigenvalue weighted by Crippen LogP contribution is 2.14. The molecule has 1 rings (SSSR count). The number of halogens is 4. The topological polar surface area (TPSA) is 12.4 Å². The van der Waals surface area contributed by atoms with Gasteiger partial charge in [0.1, 0.15) is 5.88 Å². The molecule has 0 saturated heterocycles. The zero-order chi connectivity index (χ0) is 11.7. The maximum atomic E-state index is 10.7. The second-order valence-electron chi connectivity index (χ2n) is 2.29. The molecular formula is C9H7ClF3NS. The van der Waals surface area contributed by atoms with Crippen molar-refractivity contribution in [3.63, 3.8) is 0 Å². The Morgan fingerprint density at radius 3 is 2.07 bits per heavy atom. The van der Waals surface area contributed by atoms with Gasteiger partial charge in [0.2, 0.25) is 0 Å². The Labute approximate surface area is 95.6 Å². The summed E-state index contributed by atoms with van der Waals surface area (Å²) in [7, 11) is 0. The highest BCUT2D eigenvalue weighted by molar-refractivity contribution is 7.78. The second-order valence-corrected chi connectivity index (χ2v) is 2.74. The average molecular weight is 254 g/mol. The van der Waals surface area contributed by atoms with E-state index in [0.717, 1.165) is 5.69 Å². The van der Waals surface area contributed by atoms with Crippen LogP contribution in [-0.4, -0.2) is 17.2 Å². The van der Waals surface area contributed by atoms with Crippen LogP contribution in [0.25, 0.3) is 0 Å². The number of nitrogens with zero attached hydrogens (tertiary/aromatic N) is 1. The standard InChI is InChI=1S/C7H5NS.C2H2ClF3/c9-6-8-7-4-2-1-3-5-7;3-1-2(4,5)6/h1-5H;1H2. The summed E-state index contributed by atoms with van der Waals surface area (Å²) in [6.07, 6.45) is -4.19. The van der Waals surface area contributed by atoms with E-state index in [1.165, 1.54) is 0 Å². The number of isothiocyanates is 1. The molecule has 0 heterocycles. The zero-order valence-corrected chi connectivity index (χ0v) is 9.03. The molecule has 0 bridgehead atoms. The summed E-state index contributed by atoms with van der Waals surface area (Å²) in [6.45, 7) is 0. The first kappa shape index (κ1) is 14.1. The maximum absolute atomic E-state index is 10.7. The van der Waals surface area contributed by atoms with Crippen molar-refractivity contribution in [3.05, 3.63) is 30.3 Å². The van der Waals surface area contributed by atoms with E-state index in [9.17, 15) is 13.2 Å². The molecule has 0 unspecified atom stereocenters. The van der Waals surface area contributed by atoms with Crippen LogP contribution < -0.4 is 0 Å². The molecule has 0 N–H and O–H groups in total. The van der Waals surface area contributed by atoms with Gasteiger partial charge < -0.3 is 0 Å². The molecule has 1 aromatic rings. The van der Waals surface area contributed by atoms with E-state index in [1.54, 1.807) is 0 Å². The molecule has 1 aromatic carbocycles. The van der Waals surface area contributed by atoms with E-state index in [-0.39, 0.29) is 0 Å².